The van der Waals surface area contributed by atoms with Gasteiger partial charge in [0.2, 0.25) is 0 Å². The number of ketones is 1. The lowest BCUT2D eigenvalue weighted by Crippen LogP contribution is -2.26. The first-order valence-corrected chi connectivity index (χ1v) is 6.42. The van der Waals surface area contributed by atoms with E-state index >= 15 is 0 Å². The lowest BCUT2D eigenvalue weighted by Gasteiger charge is -2.08. The van der Waals surface area contributed by atoms with Crippen LogP contribution in [-0.4, -0.2) is 28.2 Å². The molecule has 0 aliphatic heterocycles. The quantitative estimate of drug-likeness (QED) is 0.764. The minimum absolute atomic E-state index is 0.0501. The summed E-state index contributed by atoms with van der Waals surface area (Å²) in [5.41, 5.74) is 0.541. The van der Waals surface area contributed by atoms with Crippen LogP contribution in [0, 0.1) is 0 Å². The highest BCUT2D eigenvalue weighted by Gasteiger charge is 2.16. The van der Waals surface area contributed by atoms with E-state index in [2.05, 4.69) is 24.3 Å². The number of aryl methyl sites for hydroxylation is 1. The fourth-order valence-electron chi connectivity index (χ4n) is 1.61. The predicted octanol–water partition coefficient (Wildman–Crippen LogP) is 2.52. The summed E-state index contributed by atoms with van der Waals surface area (Å²) < 4.78 is 1.69. The summed E-state index contributed by atoms with van der Waals surface area (Å²) in [6.45, 7) is 7.55. The van der Waals surface area contributed by atoms with E-state index in [0.29, 0.717) is 29.7 Å². The summed E-state index contributed by atoms with van der Waals surface area (Å²) in [4.78, 5) is 12.0. The van der Waals surface area contributed by atoms with Gasteiger partial charge in [-0.15, -0.1) is 0 Å². The molecular weight excluding hydrogens is 238 g/mol. The lowest BCUT2D eigenvalue weighted by atomic mass is 10.2. The van der Waals surface area contributed by atoms with Gasteiger partial charge in [-0.3, -0.25) is 9.48 Å². The van der Waals surface area contributed by atoms with Crippen LogP contribution in [0.3, 0.4) is 0 Å². The monoisotopic (exact) mass is 257 g/mol. The Balaban J connectivity index is 2.64. The molecule has 1 rings (SSSR count). The van der Waals surface area contributed by atoms with Crippen molar-refractivity contribution in [2.24, 2.45) is 0 Å². The Bertz CT molecular complexity index is 374. The SMILES string of the molecule is CCCn1ncc(Cl)c1C(=O)CCNC(C)C. The van der Waals surface area contributed by atoms with E-state index in [1.165, 1.54) is 0 Å². The summed E-state index contributed by atoms with van der Waals surface area (Å²) in [6, 6.07) is 0.388. The molecule has 1 aromatic heterocycles. The number of hydrogen-bond acceptors (Lipinski definition) is 3. The molecule has 0 unspecified atom stereocenters. The summed E-state index contributed by atoms with van der Waals surface area (Å²) in [7, 11) is 0. The van der Waals surface area contributed by atoms with Crippen molar-refractivity contribution in [1.29, 1.82) is 0 Å². The summed E-state index contributed by atoms with van der Waals surface area (Å²) >= 11 is 5.99. The zero-order chi connectivity index (χ0) is 12.8. The molecule has 0 saturated carbocycles. The van der Waals surface area contributed by atoms with Gasteiger partial charge >= 0.3 is 0 Å². The second-order valence-electron chi connectivity index (χ2n) is 4.35. The van der Waals surface area contributed by atoms with Crippen LogP contribution in [0.5, 0.6) is 0 Å². The Morgan fingerprint density at radius 2 is 2.29 bits per heavy atom. The topological polar surface area (TPSA) is 46.9 Å². The lowest BCUT2D eigenvalue weighted by molar-refractivity contribution is 0.0971. The molecule has 0 saturated heterocycles. The van der Waals surface area contributed by atoms with Crippen molar-refractivity contribution in [2.45, 2.75) is 46.2 Å². The molecule has 0 aliphatic rings. The molecule has 17 heavy (non-hydrogen) atoms. The Hall–Kier alpha value is -0.870. The van der Waals surface area contributed by atoms with Crippen LogP contribution in [0.25, 0.3) is 0 Å². The first-order chi connectivity index (χ1) is 8.06. The number of carbonyl (C=O) groups excluding carboxylic acids is 1. The number of nitrogens with one attached hydrogen (secondary N) is 1. The molecule has 1 aromatic rings. The van der Waals surface area contributed by atoms with E-state index in [1.807, 2.05) is 6.92 Å². The van der Waals surface area contributed by atoms with Crippen molar-refractivity contribution < 1.29 is 4.79 Å². The molecule has 0 radical (unpaired) electrons. The standard InChI is InChI=1S/C12H20ClN3O/c1-4-7-16-12(10(13)8-15-16)11(17)5-6-14-9(2)3/h8-9,14H,4-7H2,1-3H3. The third-order valence-corrected chi connectivity index (χ3v) is 2.68. The van der Waals surface area contributed by atoms with Crippen molar-refractivity contribution in [2.75, 3.05) is 6.54 Å². The second-order valence-corrected chi connectivity index (χ2v) is 4.75. The minimum Gasteiger partial charge on any atom is -0.314 e. The van der Waals surface area contributed by atoms with Crippen molar-refractivity contribution in [3.63, 3.8) is 0 Å². The zero-order valence-corrected chi connectivity index (χ0v) is 11.4. The van der Waals surface area contributed by atoms with Gasteiger partial charge in [-0.05, 0) is 6.42 Å². The van der Waals surface area contributed by atoms with Gasteiger partial charge in [0.15, 0.2) is 5.78 Å². The van der Waals surface area contributed by atoms with Crippen molar-refractivity contribution in [1.82, 2.24) is 15.1 Å². The molecule has 5 heteroatoms. The van der Waals surface area contributed by atoms with E-state index < -0.39 is 0 Å². The number of nitrogens with zero attached hydrogens (tertiary/aromatic N) is 2. The fraction of sp³-hybridized carbons (Fsp3) is 0.667. The molecule has 0 spiro atoms. The number of carbonyl (C=O) groups is 1. The van der Waals surface area contributed by atoms with Gasteiger partial charge in [0, 0.05) is 25.6 Å². The number of hydrogen-bond donors (Lipinski definition) is 1. The first kappa shape index (κ1) is 14.2. The Morgan fingerprint density at radius 1 is 1.59 bits per heavy atom. The minimum atomic E-state index is 0.0501. The Kier molecular flexibility index (Phi) is 5.65. The summed E-state index contributed by atoms with van der Waals surface area (Å²) in [6.07, 6.45) is 2.93. The second kappa shape index (κ2) is 6.77. The van der Waals surface area contributed by atoms with Gasteiger partial charge in [-0.2, -0.15) is 5.10 Å². The van der Waals surface area contributed by atoms with Crippen molar-refractivity contribution >= 4 is 17.4 Å². The van der Waals surface area contributed by atoms with Crippen molar-refractivity contribution in [3.05, 3.63) is 16.9 Å². The average molecular weight is 258 g/mol. The number of aromatic nitrogens is 2. The maximum Gasteiger partial charge on any atom is 0.183 e. The molecule has 96 valence electrons. The van der Waals surface area contributed by atoms with Gasteiger partial charge in [0.05, 0.1) is 11.2 Å². The summed E-state index contributed by atoms with van der Waals surface area (Å²) in [5, 5.41) is 7.78. The fourth-order valence-corrected chi connectivity index (χ4v) is 1.86. The van der Waals surface area contributed by atoms with E-state index in [1.54, 1.807) is 10.9 Å². The number of Topliss-reactive ketones (excluding diaryl/α,β-unsaturated/α-hetero) is 1. The molecule has 0 aliphatic carbocycles. The molecule has 0 fully saturated rings. The summed E-state index contributed by atoms with van der Waals surface area (Å²) in [5.74, 6) is 0.0501. The van der Waals surface area contributed by atoms with Crippen LogP contribution in [0.4, 0.5) is 0 Å². The van der Waals surface area contributed by atoms with E-state index in [-0.39, 0.29) is 5.78 Å². The highest BCUT2D eigenvalue weighted by Crippen LogP contribution is 2.17. The van der Waals surface area contributed by atoms with Crippen LogP contribution in [0.15, 0.2) is 6.20 Å². The van der Waals surface area contributed by atoms with Crippen LogP contribution in [0.1, 0.15) is 44.1 Å². The molecular formula is C12H20ClN3O. The highest BCUT2D eigenvalue weighted by atomic mass is 35.5. The maximum absolute atomic E-state index is 12.0. The molecule has 0 atom stereocenters. The molecule has 0 amide bonds. The first-order valence-electron chi connectivity index (χ1n) is 6.04. The third-order valence-electron chi connectivity index (χ3n) is 2.40. The van der Waals surface area contributed by atoms with E-state index in [4.69, 9.17) is 11.6 Å². The van der Waals surface area contributed by atoms with E-state index in [9.17, 15) is 4.79 Å². The van der Waals surface area contributed by atoms with E-state index in [0.717, 1.165) is 13.0 Å². The highest BCUT2D eigenvalue weighted by molar-refractivity contribution is 6.33. The van der Waals surface area contributed by atoms with Crippen molar-refractivity contribution in [3.8, 4) is 0 Å². The maximum atomic E-state index is 12.0. The number of halogens is 1. The van der Waals surface area contributed by atoms with Gasteiger partial charge in [-0.25, -0.2) is 0 Å². The van der Waals surface area contributed by atoms with Gasteiger partial charge < -0.3 is 5.32 Å². The Morgan fingerprint density at radius 3 is 2.88 bits per heavy atom. The van der Waals surface area contributed by atoms with Crippen LogP contribution in [0.2, 0.25) is 5.02 Å². The Labute approximate surface area is 107 Å². The third kappa shape index (κ3) is 4.13. The van der Waals surface area contributed by atoms with Gasteiger partial charge in [0.1, 0.15) is 5.69 Å². The molecule has 1 heterocycles. The number of rotatable bonds is 7. The largest absolute Gasteiger partial charge is 0.314 e. The molecule has 0 bridgehead atoms. The molecule has 1 N–H and O–H groups in total. The van der Waals surface area contributed by atoms with Gasteiger partial charge in [0.25, 0.3) is 0 Å². The molecule has 4 nitrogen and oxygen atoms in total. The normalized spacial score (nSPS) is 11.1. The average Bonchev–Trinajstić information content (AvgIpc) is 2.60. The van der Waals surface area contributed by atoms with Crippen LogP contribution >= 0.6 is 11.6 Å². The van der Waals surface area contributed by atoms with Crippen LogP contribution in [-0.2, 0) is 6.54 Å². The van der Waals surface area contributed by atoms with Crippen LogP contribution < -0.4 is 5.32 Å². The predicted molar refractivity (Wildman–Crippen MR) is 69.6 cm³/mol. The zero-order valence-electron chi connectivity index (χ0n) is 10.7. The molecule has 0 aromatic carbocycles. The smallest absolute Gasteiger partial charge is 0.183 e. The van der Waals surface area contributed by atoms with Gasteiger partial charge in [-0.1, -0.05) is 32.4 Å².